The predicted octanol–water partition coefficient (Wildman–Crippen LogP) is 5.29. The van der Waals surface area contributed by atoms with Crippen LogP contribution in [0.3, 0.4) is 0 Å². The topological polar surface area (TPSA) is 66.5 Å². The standard InChI is InChI=1S/C23H29ClN2O3S/c1-17(2)15-26(16-18(3)4)30(28,29)22-12-10-21(11-13-22)25-23(27)14-7-19-5-8-20(24)9-6-19/h5-14,17-18H,15-16H2,1-4H3,(H,25,27)/b14-7+. The highest BCUT2D eigenvalue weighted by molar-refractivity contribution is 7.89. The molecule has 0 aliphatic carbocycles. The van der Waals surface area contributed by atoms with Crippen LogP contribution >= 0.6 is 11.6 Å². The Morgan fingerprint density at radius 3 is 2.00 bits per heavy atom. The quantitative estimate of drug-likeness (QED) is 0.529. The number of anilines is 1. The van der Waals surface area contributed by atoms with Gasteiger partial charge in [0.25, 0.3) is 0 Å². The van der Waals surface area contributed by atoms with Gasteiger partial charge in [0.15, 0.2) is 0 Å². The Morgan fingerprint density at radius 2 is 1.50 bits per heavy atom. The predicted molar refractivity (Wildman–Crippen MR) is 124 cm³/mol. The van der Waals surface area contributed by atoms with Crippen LogP contribution < -0.4 is 5.32 Å². The van der Waals surface area contributed by atoms with Gasteiger partial charge in [-0.05, 0) is 59.9 Å². The fourth-order valence-electron chi connectivity index (χ4n) is 2.87. The molecule has 0 unspecified atom stereocenters. The van der Waals surface area contributed by atoms with Gasteiger partial charge < -0.3 is 5.32 Å². The van der Waals surface area contributed by atoms with Crippen LogP contribution in [-0.4, -0.2) is 31.7 Å². The van der Waals surface area contributed by atoms with Gasteiger partial charge in [0, 0.05) is 29.9 Å². The summed E-state index contributed by atoms with van der Waals surface area (Å²) in [4.78, 5) is 12.4. The summed E-state index contributed by atoms with van der Waals surface area (Å²) in [6.07, 6.45) is 3.10. The smallest absolute Gasteiger partial charge is 0.248 e. The summed E-state index contributed by atoms with van der Waals surface area (Å²) in [5.74, 6) is 0.149. The van der Waals surface area contributed by atoms with Gasteiger partial charge in [-0.2, -0.15) is 4.31 Å². The highest BCUT2D eigenvalue weighted by atomic mass is 35.5. The number of rotatable bonds is 9. The average molecular weight is 449 g/mol. The molecule has 0 fully saturated rings. The second-order valence-electron chi connectivity index (χ2n) is 8.01. The van der Waals surface area contributed by atoms with E-state index in [1.165, 1.54) is 22.5 Å². The number of hydrogen-bond acceptors (Lipinski definition) is 3. The lowest BCUT2D eigenvalue weighted by atomic mass is 10.2. The van der Waals surface area contributed by atoms with Gasteiger partial charge in [0.2, 0.25) is 15.9 Å². The molecule has 2 rings (SSSR count). The van der Waals surface area contributed by atoms with E-state index in [-0.39, 0.29) is 22.6 Å². The van der Waals surface area contributed by atoms with Crippen molar-refractivity contribution < 1.29 is 13.2 Å². The Labute approximate surface area is 184 Å². The molecule has 0 atom stereocenters. The molecule has 0 heterocycles. The number of sulfonamides is 1. The zero-order valence-electron chi connectivity index (χ0n) is 17.8. The Bertz CT molecular complexity index is 957. The van der Waals surface area contributed by atoms with Crippen molar-refractivity contribution in [2.45, 2.75) is 32.6 Å². The molecule has 0 spiro atoms. The van der Waals surface area contributed by atoms with Crippen molar-refractivity contribution in [3.63, 3.8) is 0 Å². The minimum Gasteiger partial charge on any atom is -0.323 e. The van der Waals surface area contributed by atoms with Crippen LogP contribution in [0.5, 0.6) is 0 Å². The van der Waals surface area contributed by atoms with E-state index >= 15 is 0 Å². The van der Waals surface area contributed by atoms with Crippen molar-refractivity contribution in [1.29, 1.82) is 0 Å². The fourth-order valence-corrected chi connectivity index (χ4v) is 4.77. The van der Waals surface area contributed by atoms with Crippen molar-refractivity contribution >= 4 is 39.3 Å². The van der Waals surface area contributed by atoms with Crippen molar-refractivity contribution in [1.82, 2.24) is 4.31 Å². The molecule has 0 aliphatic heterocycles. The Kier molecular flexibility index (Phi) is 8.65. The van der Waals surface area contributed by atoms with Crippen molar-refractivity contribution in [2.24, 2.45) is 11.8 Å². The maximum atomic E-state index is 13.0. The molecular formula is C23H29ClN2O3S. The van der Waals surface area contributed by atoms with Crippen LogP contribution in [0.4, 0.5) is 5.69 Å². The van der Waals surface area contributed by atoms with Crippen LogP contribution in [0.2, 0.25) is 5.02 Å². The number of carbonyl (C=O) groups excluding carboxylic acids is 1. The number of nitrogens with zero attached hydrogens (tertiary/aromatic N) is 1. The van der Waals surface area contributed by atoms with E-state index in [0.29, 0.717) is 23.8 Å². The first kappa shape index (κ1) is 24.1. The summed E-state index contributed by atoms with van der Waals surface area (Å²) in [5, 5.41) is 3.37. The van der Waals surface area contributed by atoms with Gasteiger partial charge >= 0.3 is 0 Å². The fraction of sp³-hybridized carbons (Fsp3) is 0.348. The zero-order valence-corrected chi connectivity index (χ0v) is 19.4. The summed E-state index contributed by atoms with van der Waals surface area (Å²) < 4.78 is 27.6. The number of halogens is 1. The monoisotopic (exact) mass is 448 g/mol. The lowest BCUT2D eigenvalue weighted by molar-refractivity contribution is -0.111. The number of benzene rings is 2. The molecule has 162 valence electrons. The normalized spacial score (nSPS) is 12.3. The van der Waals surface area contributed by atoms with E-state index in [1.54, 1.807) is 30.3 Å². The molecule has 2 aromatic rings. The Morgan fingerprint density at radius 1 is 0.967 bits per heavy atom. The van der Waals surface area contributed by atoms with Gasteiger partial charge in [0.05, 0.1) is 4.90 Å². The number of carbonyl (C=O) groups is 1. The van der Waals surface area contributed by atoms with Gasteiger partial charge in [-0.3, -0.25) is 4.79 Å². The van der Waals surface area contributed by atoms with Crippen LogP contribution in [0.1, 0.15) is 33.3 Å². The highest BCUT2D eigenvalue weighted by Gasteiger charge is 2.25. The molecule has 0 saturated carbocycles. The van der Waals surface area contributed by atoms with E-state index in [1.807, 2.05) is 39.8 Å². The Hall–Kier alpha value is -2.15. The average Bonchev–Trinajstić information content (AvgIpc) is 2.67. The first-order valence-corrected chi connectivity index (χ1v) is 11.7. The van der Waals surface area contributed by atoms with E-state index in [9.17, 15) is 13.2 Å². The van der Waals surface area contributed by atoms with E-state index < -0.39 is 10.0 Å². The van der Waals surface area contributed by atoms with Crippen molar-refractivity contribution in [3.05, 3.63) is 65.2 Å². The maximum Gasteiger partial charge on any atom is 0.248 e. The minimum absolute atomic E-state index is 0.221. The third-order valence-electron chi connectivity index (χ3n) is 4.19. The summed E-state index contributed by atoms with van der Waals surface area (Å²) in [6.45, 7) is 8.93. The summed E-state index contributed by atoms with van der Waals surface area (Å²) in [6, 6.07) is 13.4. The number of hydrogen-bond donors (Lipinski definition) is 1. The zero-order chi connectivity index (χ0) is 22.3. The van der Waals surface area contributed by atoms with Crippen LogP contribution in [-0.2, 0) is 14.8 Å². The number of nitrogens with one attached hydrogen (secondary N) is 1. The molecule has 1 amide bonds. The lowest BCUT2D eigenvalue weighted by Crippen LogP contribution is -2.37. The molecule has 0 aromatic heterocycles. The maximum absolute atomic E-state index is 13.0. The molecular weight excluding hydrogens is 420 g/mol. The SMILES string of the molecule is CC(C)CN(CC(C)C)S(=O)(=O)c1ccc(NC(=O)/C=C/c2ccc(Cl)cc2)cc1. The van der Waals surface area contributed by atoms with E-state index in [2.05, 4.69) is 5.32 Å². The summed E-state index contributed by atoms with van der Waals surface area (Å²) >= 11 is 5.85. The van der Waals surface area contributed by atoms with E-state index in [4.69, 9.17) is 11.6 Å². The van der Waals surface area contributed by atoms with Crippen molar-refractivity contribution in [2.75, 3.05) is 18.4 Å². The largest absolute Gasteiger partial charge is 0.323 e. The molecule has 0 radical (unpaired) electrons. The van der Waals surface area contributed by atoms with Crippen LogP contribution in [0, 0.1) is 11.8 Å². The third kappa shape index (κ3) is 7.27. The minimum atomic E-state index is -3.59. The van der Waals surface area contributed by atoms with Gasteiger partial charge in [-0.1, -0.05) is 51.4 Å². The molecule has 7 heteroatoms. The summed E-state index contributed by atoms with van der Waals surface area (Å²) in [7, 11) is -3.59. The van der Waals surface area contributed by atoms with Crippen LogP contribution in [0.25, 0.3) is 6.08 Å². The van der Waals surface area contributed by atoms with Crippen LogP contribution in [0.15, 0.2) is 59.5 Å². The molecule has 5 nitrogen and oxygen atoms in total. The second kappa shape index (κ2) is 10.8. The third-order valence-corrected chi connectivity index (χ3v) is 6.29. The molecule has 2 aromatic carbocycles. The molecule has 0 aliphatic rings. The van der Waals surface area contributed by atoms with E-state index in [0.717, 1.165) is 5.56 Å². The highest BCUT2D eigenvalue weighted by Crippen LogP contribution is 2.21. The van der Waals surface area contributed by atoms with Gasteiger partial charge in [-0.15, -0.1) is 0 Å². The first-order valence-electron chi connectivity index (χ1n) is 9.92. The first-order chi connectivity index (χ1) is 14.1. The van der Waals surface area contributed by atoms with Gasteiger partial charge in [-0.25, -0.2) is 8.42 Å². The molecule has 0 saturated heterocycles. The lowest BCUT2D eigenvalue weighted by Gasteiger charge is -2.25. The van der Waals surface area contributed by atoms with Crippen molar-refractivity contribution in [3.8, 4) is 0 Å². The molecule has 0 bridgehead atoms. The second-order valence-corrected chi connectivity index (χ2v) is 10.4. The Balaban J connectivity index is 2.08. The summed E-state index contributed by atoms with van der Waals surface area (Å²) in [5.41, 5.74) is 1.38. The molecule has 1 N–H and O–H groups in total. The van der Waals surface area contributed by atoms with Gasteiger partial charge in [0.1, 0.15) is 0 Å². The molecule has 30 heavy (non-hydrogen) atoms. The number of amides is 1.